The topological polar surface area (TPSA) is 32.7 Å². The van der Waals surface area contributed by atoms with Crippen molar-refractivity contribution in [3.05, 3.63) is 4.91 Å². The van der Waals surface area contributed by atoms with Crippen molar-refractivity contribution in [1.82, 2.24) is 4.90 Å². The van der Waals surface area contributed by atoms with E-state index in [1.165, 1.54) is 0 Å². The van der Waals surface area contributed by atoms with Crippen molar-refractivity contribution in [3.8, 4) is 0 Å². The number of nitrogens with zero attached hydrogens (tertiary/aromatic N) is 2. The Kier molecular flexibility index (Phi) is 3.20. The highest BCUT2D eigenvalue weighted by molar-refractivity contribution is 4.84. The molecule has 2 atom stereocenters. The van der Waals surface area contributed by atoms with Crippen molar-refractivity contribution in [2.75, 3.05) is 13.6 Å². The largest absolute Gasteiger partial charge is 0.301 e. The molecule has 0 aromatic rings. The predicted molar refractivity (Wildman–Crippen MR) is 50.1 cm³/mol. The predicted octanol–water partition coefficient (Wildman–Crippen LogP) is 1.87. The minimum Gasteiger partial charge on any atom is -0.301 e. The molecule has 1 aliphatic heterocycles. The highest BCUT2D eigenvalue weighted by Crippen LogP contribution is 2.22. The first-order valence-corrected chi connectivity index (χ1v) is 4.68. The molecule has 0 aromatic carbocycles. The first-order valence-electron chi connectivity index (χ1n) is 4.68. The number of likely N-dealkylation sites (N-methyl/N-ethyl adjacent to an activating group) is 1. The fourth-order valence-electron chi connectivity index (χ4n) is 2.07. The smallest absolute Gasteiger partial charge is 0.105 e. The quantitative estimate of drug-likeness (QED) is 0.593. The zero-order valence-electron chi connectivity index (χ0n) is 8.16. The highest BCUT2D eigenvalue weighted by atomic mass is 16.3. The van der Waals surface area contributed by atoms with Gasteiger partial charge in [0.2, 0.25) is 0 Å². The highest BCUT2D eigenvalue weighted by Gasteiger charge is 2.27. The molecule has 12 heavy (non-hydrogen) atoms. The van der Waals surface area contributed by atoms with E-state index in [-0.39, 0.29) is 6.04 Å². The molecule has 3 nitrogen and oxygen atoms in total. The van der Waals surface area contributed by atoms with Gasteiger partial charge in [0.25, 0.3) is 0 Å². The summed E-state index contributed by atoms with van der Waals surface area (Å²) in [5, 5.41) is 3.10. The van der Waals surface area contributed by atoms with Crippen LogP contribution in [0.5, 0.6) is 0 Å². The normalized spacial score (nSPS) is 32.3. The van der Waals surface area contributed by atoms with E-state index in [1.807, 2.05) is 0 Å². The van der Waals surface area contributed by atoms with Crippen LogP contribution in [0.1, 0.15) is 26.7 Å². The Balaban J connectivity index is 2.47. The Bertz CT molecular complexity index is 159. The summed E-state index contributed by atoms with van der Waals surface area (Å²) in [6.07, 6.45) is 2.08. The molecule has 0 amide bonds. The van der Waals surface area contributed by atoms with Crippen LogP contribution in [-0.2, 0) is 0 Å². The fraction of sp³-hybridized carbons (Fsp3) is 1.00. The standard InChI is InChI=1S/C9H18N2O/c1-7(2)9-5-4-8(10-12)6-11(9)3/h7-9H,4-6H2,1-3H3. The summed E-state index contributed by atoms with van der Waals surface area (Å²) in [5.41, 5.74) is 0. The number of nitroso groups, excluding NO2 is 1. The summed E-state index contributed by atoms with van der Waals surface area (Å²) >= 11 is 0. The van der Waals surface area contributed by atoms with Crippen molar-refractivity contribution in [1.29, 1.82) is 0 Å². The van der Waals surface area contributed by atoms with Gasteiger partial charge in [-0.15, -0.1) is 0 Å². The first kappa shape index (κ1) is 9.65. The molecule has 2 unspecified atom stereocenters. The molecule has 70 valence electrons. The summed E-state index contributed by atoms with van der Waals surface area (Å²) in [5.74, 6) is 0.683. The van der Waals surface area contributed by atoms with Crippen molar-refractivity contribution in [2.45, 2.75) is 38.8 Å². The Morgan fingerprint density at radius 2 is 2.08 bits per heavy atom. The van der Waals surface area contributed by atoms with Crippen LogP contribution in [0.15, 0.2) is 5.18 Å². The zero-order valence-corrected chi connectivity index (χ0v) is 8.16. The summed E-state index contributed by atoms with van der Waals surface area (Å²) < 4.78 is 0. The zero-order chi connectivity index (χ0) is 9.14. The second-order valence-electron chi connectivity index (χ2n) is 4.09. The lowest BCUT2D eigenvalue weighted by Crippen LogP contribution is -2.44. The lowest BCUT2D eigenvalue weighted by atomic mass is 9.91. The van der Waals surface area contributed by atoms with Gasteiger partial charge in [0.15, 0.2) is 0 Å². The monoisotopic (exact) mass is 170 g/mol. The molecule has 0 aliphatic carbocycles. The SMILES string of the molecule is CC(C)C1CCC(N=O)CN1C. The van der Waals surface area contributed by atoms with Gasteiger partial charge in [-0.25, -0.2) is 0 Å². The third kappa shape index (κ3) is 2.03. The Hall–Kier alpha value is -0.440. The van der Waals surface area contributed by atoms with Gasteiger partial charge >= 0.3 is 0 Å². The molecule has 1 rings (SSSR count). The van der Waals surface area contributed by atoms with Crippen LogP contribution in [0, 0.1) is 10.8 Å². The Morgan fingerprint density at radius 3 is 2.50 bits per heavy atom. The molecule has 1 saturated heterocycles. The van der Waals surface area contributed by atoms with Gasteiger partial charge in [0.05, 0.1) is 0 Å². The van der Waals surface area contributed by atoms with Crippen LogP contribution >= 0.6 is 0 Å². The van der Waals surface area contributed by atoms with Gasteiger partial charge < -0.3 is 4.90 Å². The second kappa shape index (κ2) is 3.99. The Morgan fingerprint density at radius 1 is 1.42 bits per heavy atom. The van der Waals surface area contributed by atoms with Gasteiger partial charge in [0.1, 0.15) is 6.04 Å². The molecular formula is C9H18N2O. The van der Waals surface area contributed by atoms with Gasteiger partial charge in [-0.05, 0) is 25.8 Å². The summed E-state index contributed by atoms with van der Waals surface area (Å²) in [7, 11) is 2.09. The van der Waals surface area contributed by atoms with Gasteiger partial charge in [-0.2, -0.15) is 4.91 Å². The molecule has 0 saturated carbocycles. The summed E-state index contributed by atoms with van der Waals surface area (Å²) in [6, 6.07) is 0.674. The van der Waals surface area contributed by atoms with Gasteiger partial charge in [-0.1, -0.05) is 19.0 Å². The van der Waals surface area contributed by atoms with Crippen LogP contribution in [-0.4, -0.2) is 30.6 Å². The van der Waals surface area contributed by atoms with Crippen LogP contribution in [0.25, 0.3) is 0 Å². The third-order valence-corrected chi connectivity index (χ3v) is 2.78. The van der Waals surface area contributed by atoms with Crippen LogP contribution < -0.4 is 0 Å². The van der Waals surface area contributed by atoms with Crippen molar-refractivity contribution in [2.24, 2.45) is 11.1 Å². The minimum atomic E-state index is 0.0324. The fourth-order valence-corrected chi connectivity index (χ4v) is 2.07. The van der Waals surface area contributed by atoms with E-state index in [0.29, 0.717) is 12.0 Å². The van der Waals surface area contributed by atoms with Crippen molar-refractivity contribution >= 4 is 0 Å². The van der Waals surface area contributed by atoms with Gasteiger partial charge in [-0.3, -0.25) is 0 Å². The number of hydrogen-bond acceptors (Lipinski definition) is 3. The van der Waals surface area contributed by atoms with E-state index in [2.05, 4.69) is 31.0 Å². The molecule has 1 heterocycles. The maximum atomic E-state index is 10.3. The summed E-state index contributed by atoms with van der Waals surface area (Å²) in [6.45, 7) is 5.30. The Labute approximate surface area is 74.1 Å². The number of piperidine rings is 1. The van der Waals surface area contributed by atoms with Crippen molar-refractivity contribution < 1.29 is 0 Å². The van der Waals surface area contributed by atoms with Crippen LogP contribution in [0.4, 0.5) is 0 Å². The lowest BCUT2D eigenvalue weighted by Gasteiger charge is -2.37. The van der Waals surface area contributed by atoms with E-state index in [4.69, 9.17) is 0 Å². The van der Waals surface area contributed by atoms with E-state index >= 15 is 0 Å². The van der Waals surface area contributed by atoms with Gasteiger partial charge in [0, 0.05) is 12.6 Å². The molecule has 1 fully saturated rings. The average molecular weight is 170 g/mol. The molecule has 0 N–H and O–H groups in total. The molecule has 0 radical (unpaired) electrons. The molecule has 1 aliphatic rings. The van der Waals surface area contributed by atoms with Crippen LogP contribution in [0.2, 0.25) is 0 Å². The first-order chi connectivity index (χ1) is 5.65. The molecule has 3 heteroatoms. The summed E-state index contributed by atoms with van der Waals surface area (Å²) in [4.78, 5) is 12.6. The minimum absolute atomic E-state index is 0.0324. The number of hydrogen-bond donors (Lipinski definition) is 0. The maximum Gasteiger partial charge on any atom is 0.105 e. The maximum absolute atomic E-state index is 10.3. The lowest BCUT2D eigenvalue weighted by molar-refractivity contribution is 0.130. The molecule has 0 spiro atoms. The number of likely N-dealkylation sites (tertiary alicyclic amines) is 1. The van der Waals surface area contributed by atoms with Crippen LogP contribution in [0.3, 0.4) is 0 Å². The molecule has 0 bridgehead atoms. The van der Waals surface area contributed by atoms with E-state index in [9.17, 15) is 4.91 Å². The second-order valence-corrected chi connectivity index (χ2v) is 4.09. The van der Waals surface area contributed by atoms with Crippen molar-refractivity contribution in [3.63, 3.8) is 0 Å². The molecule has 0 aromatic heterocycles. The third-order valence-electron chi connectivity index (χ3n) is 2.78. The molecular weight excluding hydrogens is 152 g/mol. The van der Waals surface area contributed by atoms with E-state index in [0.717, 1.165) is 19.4 Å². The van der Waals surface area contributed by atoms with E-state index in [1.54, 1.807) is 0 Å². The average Bonchev–Trinajstić information content (AvgIpc) is 2.03. The van der Waals surface area contributed by atoms with E-state index < -0.39 is 0 Å². The number of rotatable bonds is 2.